The topological polar surface area (TPSA) is 116 Å². The van der Waals surface area contributed by atoms with E-state index in [1.807, 2.05) is 0 Å². The van der Waals surface area contributed by atoms with Gasteiger partial charge in [0.25, 0.3) is 10.0 Å². The standard InChI is InChI=1S/C12H14N4O4S.Na/c1-19-11-7-10(14-12(15-11)20-2)16-21(17,18)9-5-3-8(13)4-6-9;/h3-7H,13H2,1-2H3,(H,14,15,16);. The van der Waals surface area contributed by atoms with E-state index < -0.39 is 10.0 Å². The molecule has 0 amide bonds. The summed E-state index contributed by atoms with van der Waals surface area (Å²) in [5.74, 6) is 0.215. The van der Waals surface area contributed by atoms with Gasteiger partial charge >= 0.3 is 6.01 Å². The summed E-state index contributed by atoms with van der Waals surface area (Å²) >= 11 is 0. The summed E-state index contributed by atoms with van der Waals surface area (Å²) in [6.45, 7) is 0. The molecule has 0 spiro atoms. The maximum Gasteiger partial charge on any atom is 0.321 e. The summed E-state index contributed by atoms with van der Waals surface area (Å²) in [6, 6.07) is 7.12. The normalized spacial score (nSPS) is 10.5. The first kappa shape index (κ1) is 18.5. The van der Waals surface area contributed by atoms with E-state index in [0.29, 0.717) is 5.69 Å². The minimum absolute atomic E-state index is 0. The zero-order valence-electron chi connectivity index (χ0n) is 12.4. The van der Waals surface area contributed by atoms with E-state index in [0.717, 1.165) is 0 Å². The molecule has 3 N–H and O–H groups in total. The van der Waals surface area contributed by atoms with E-state index in [2.05, 4.69) is 14.7 Å². The van der Waals surface area contributed by atoms with Crippen molar-refractivity contribution in [3.63, 3.8) is 0 Å². The number of hydrogen-bond donors (Lipinski definition) is 2. The third-order valence-corrected chi connectivity index (χ3v) is 3.87. The third kappa shape index (κ3) is 4.47. The molecule has 1 aromatic heterocycles. The number of ether oxygens (including phenoxy) is 2. The van der Waals surface area contributed by atoms with Crippen molar-refractivity contribution < 1.29 is 17.9 Å². The molecule has 1 heterocycles. The van der Waals surface area contributed by atoms with Gasteiger partial charge in [-0.3, -0.25) is 4.72 Å². The summed E-state index contributed by atoms with van der Waals surface area (Å²) in [7, 11) is -1.02. The van der Waals surface area contributed by atoms with Crippen molar-refractivity contribution in [2.24, 2.45) is 0 Å². The predicted molar refractivity (Wildman–Crippen MR) is 82.6 cm³/mol. The van der Waals surface area contributed by atoms with Crippen LogP contribution in [0.4, 0.5) is 11.5 Å². The van der Waals surface area contributed by atoms with E-state index in [1.54, 1.807) is 0 Å². The minimum atomic E-state index is -3.79. The molecule has 0 saturated carbocycles. The quantitative estimate of drug-likeness (QED) is 0.604. The number of nitrogens with one attached hydrogen (secondary N) is 1. The van der Waals surface area contributed by atoms with Crippen molar-refractivity contribution in [1.29, 1.82) is 0 Å². The maximum atomic E-state index is 12.2. The molecular formula is C12H14N4NaO4S. The molecule has 0 aliphatic rings. The van der Waals surface area contributed by atoms with Crippen LogP contribution in [0.3, 0.4) is 0 Å². The van der Waals surface area contributed by atoms with Crippen LogP contribution in [0.25, 0.3) is 0 Å². The zero-order chi connectivity index (χ0) is 15.5. The Morgan fingerprint density at radius 2 is 1.73 bits per heavy atom. The van der Waals surface area contributed by atoms with Crippen LogP contribution in [0.5, 0.6) is 11.9 Å². The molecule has 0 bridgehead atoms. The van der Waals surface area contributed by atoms with Crippen molar-refractivity contribution in [1.82, 2.24) is 9.97 Å². The number of sulfonamides is 1. The molecule has 0 unspecified atom stereocenters. The number of anilines is 2. The largest absolute Gasteiger partial charge is 0.481 e. The summed E-state index contributed by atoms with van der Waals surface area (Å²) in [5, 5.41) is 0. The number of rotatable bonds is 5. The summed E-state index contributed by atoms with van der Waals surface area (Å²) in [4.78, 5) is 7.84. The molecule has 2 rings (SSSR count). The molecule has 0 atom stereocenters. The van der Waals surface area contributed by atoms with Gasteiger partial charge in [0.2, 0.25) is 5.88 Å². The Labute approximate surface area is 150 Å². The van der Waals surface area contributed by atoms with Crippen molar-refractivity contribution in [3.8, 4) is 11.9 Å². The Balaban J connectivity index is 0.00000242. The summed E-state index contributed by atoms with van der Waals surface area (Å²) in [6.07, 6.45) is 0. The fraction of sp³-hybridized carbons (Fsp3) is 0.167. The van der Waals surface area contributed by atoms with Crippen molar-refractivity contribution in [2.45, 2.75) is 4.90 Å². The fourth-order valence-corrected chi connectivity index (χ4v) is 2.49. The van der Waals surface area contributed by atoms with Gasteiger partial charge in [0.15, 0.2) is 5.82 Å². The van der Waals surface area contributed by atoms with Crippen molar-refractivity contribution in [3.05, 3.63) is 30.3 Å². The zero-order valence-corrected chi connectivity index (χ0v) is 15.2. The molecule has 8 nitrogen and oxygen atoms in total. The number of hydrogen-bond acceptors (Lipinski definition) is 7. The third-order valence-electron chi connectivity index (χ3n) is 2.50. The monoisotopic (exact) mass is 333 g/mol. The molecule has 22 heavy (non-hydrogen) atoms. The van der Waals surface area contributed by atoms with Gasteiger partial charge in [-0.1, -0.05) is 0 Å². The fourth-order valence-electron chi connectivity index (χ4n) is 1.50. The number of nitrogens with zero attached hydrogens (tertiary/aromatic N) is 2. The minimum Gasteiger partial charge on any atom is -0.481 e. The average molecular weight is 333 g/mol. The first-order valence-corrected chi connectivity index (χ1v) is 7.28. The van der Waals surface area contributed by atoms with E-state index in [4.69, 9.17) is 15.2 Å². The molecular weight excluding hydrogens is 319 g/mol. The first-order chi connectivity index (χ1) is 9.94. The second-order valence-corrected chi connectivity index (χ2v) is 5.64. The van der Waals surface area contributed by atoms with Gasteiger partial charge in [0.05, 0.1) is 19.1 Å². The van der Waals surface area contributed by atoms with Crippen LogP contribution in [0.2, 0.25) is 0 Å². The molecule has 1 radical (unpaired) electrons. The van der Waals surface area contributed by atoms with Gasteiger partial charge in [-0.25, -0.2) is 8.42 Å². The van der Waals surface area contributed by atoms with Gasteiger partial charge in [-0.05, 0) is 24.3 Å². The molecule has 0 aliphatic heterocycles. The Morgan fingerprint density at radius 1 is 1.09 bits per heavy atom. The Hall–Kier alpha value is -1.55. The first-order valence-electron chi connectivity index (χ1n) is 5.80. The second-order valence-electron chi connectivity index (χ2n) is 3.96. The molecule has 2 aromatic rings. The van der Waals surface area contributed by atoms with Gasteiger partial charge in [-0.15, -0.1) is 0 Å². The number of methoxy groups -OCH3 is 2. The number of nitrogen functional groups attached to an aromatic ring is 1. The summed E-state index contributed by atoms with van der Waals surface area (Å²) < 4.78 is 36.6. The predicted octanol–water partition coefficient (Wildman–Crippen LogP) is 0.496. The number of benzene rings is 1. The van der Waals surface area contributed by atoms with Crippen LogP contribution in [0.1, 0.15) is 0 Å². The van der Waals surface area contributed by atoms with Crippen LogP contribution in [-0.2, 0) is 10.0 Å². The van der Waals surface area contributed by atoms with Gasteiger partial charge in [0, 0.05) is 41.3 Å². The molecule has 10 heteroatoms. The van der Waals surface area contributed by atoms with E-state index >= 15 is 0 Å². The average Bonchev–Trinajstić information content (AvgIpc) is 2.46. The van der Waals surface area contributed by atoms with Crippen molar-refractivity contribution in [2.75, 3.05) is 24.7 Å². The molecule has 0 aliphatic carbocycles. The van der Waals surface area contributed by atoms with Crippen LogP contribution in [0, 0.1) is 0 Å². The molecule has 113 valence electrons. The number of nitrogens with two attached hydrogens (primary N) is 1. The Bertz CT molecular complexity index is 715. The van der Waals surface area contributed by atoms with E-state index in [1.165, 1.54) is 44.6 Å². The summed E-state index contributed by atoms with van der Waals surface area (Å²) in [5.41, 5.74) is 6.00. The van der Waals surface area contributed by atoms with Crippen molar-refractivity contribution >= 4 is 51.1 Å². The molecule has 0 saturated heterocycles. The smallest absolute Gasteiger partial charge is 0.321 e. The molecule has 1 aromatic carbocycles. The van der Waals surface area contributed by atoms with E-state index in [-0.39, 0.29) is 52.2 Å². The van der Waals surface area contributed by atoms with Crippen LogP contribution >= 0.6 is 0 Å². The van der Waals surface area contributed by atoms with Crippen LogP contribution < -0.4 is 19.9 Å². The number of aromatic nitrogens is 2. The Kier molecular flexibility index (Phi) is 6.42. The van der Waals surface area contributed by atoms with Gasteiger partial charge in [0.1, 0.15) is 0 Å². The SMILES string of the molecule is COc1cc(NS(=O)(=O)c2ccc(N)cc2)nc(OC)n1.[Na]. The Morgan fingerprint density at radius 3 is 2.27 bits per heavy atom. The van der Waals surface area contributed by atoms with E-state index in [9.17, 15) is 8.42 Å². The maximum absolute atomic E-state index is 12.2. The van der Waals surface area contributed by atoms with Crippen LogP contribution in [0.15, 0.2) is 35.2 Å². The molecule has 0 fully saturated rings. The van der Waals surface area contributed by atoms with Gasteiger partial charge < -0.3 is 15.2 Å². The van der Waals surface area contributed by atoms with Crippen LogP contribution in [-0.4, -0.2) is 62.2 Å². The van der Waals surface area contributed by atoms with Gasteiger partial charge in [-0.2, -0.15) is 9.97 Å². The second kappa shape index (κ2) is 7.63.